The molecule has 1 aromatic rings. The third-order valence-corrected chi connectivity index (χ3v) is 4.06. The average molecular weight is 316 g/mol. The molecule has 0 spiro atoms. The van der Waals surface area contributed by atoms with Crippen LogP contribution in [0, 0.1) is 0 Å². The molecule has 1 aromatic carbocycles. The highest BCUT2D eigenvalue weighted by atomic mass is 16.5. The minimum atomic E-state index is -0.678. The van der Waals surface area contributed by atoms with Crippen LogP contribution in [0.25, 0.3) is 0 Å². The van der Waals surface area contributed by atoms with E-state index in [2.05, 4.69) is 0 Å². The summed E-state index contributed by atoms with van der Waals surface area (Å²) in [5, 5.41) is 20.4. The zero-order valence-corrected chi connectivity index (χ0v) is 13.9. The van der Waals surface area contributed by atoms with Gasteiger partial charge < -0.3 is 14.9 Å². The molecule has 0 saturated heterocycles. The molecule has 124 valence electrons. The fourth-order valence-electron chi connectivity index (χ4n) is 2.79. The maximum absolute atomic E-state index is 11.4. The minimum Gasteiger partial charge on any atom is -0.507 e. The van der Waals surface area contributed by atoms with Crippen molar-refractivity contribution in [3.8, 4) is 11.5 Å². The van der Waals surface area contributed by atoms with Crippen LogP contribution in [0.2, 0.25) is 0 Å². The van der Waals surface area contributed by atoms with E-state index in [1.54, 1.807) is 18.2 Å². The van der Waals surface area contributed by atoms with E-state index < -0.39 is 6.10 Å². The maximum Gasteiger partial charge on any atom is 0.154 e. The molecule has 0 saturated carbocycles. The standard InChI is InChI=1S/C19H24O4/c1-4-5-16(21)17-9-8-14-15(11-20)19(22)13(7-6-12(2)3)10-18(14)23-17/h4-6,10-11,16-17,21-22H,7-9H2,1-3H3/b5-4+/t16-,17-/m1/s1. The predicted octanol–water partition coefficient (Wildman–Crippen LogP) is 3.34. The fourth-order valence-corrected chi connectivity index (χ4v) is 2.79. The van der Waals surface area contributed by atoms with Gasteiger partial charge in [0.25, 0.3) is 0 Å². The number of phenols is 1. The second-order valence-electron chi connectivity index (χ2n) is 6.09. The van der Waals surface area contributed by atoms with Gasteiger partial charge in [-0.1, -0.05) is 23.8 Å². The number of ether oxygens (including phenoxy) is 1. The molecule has 0 bridgehead atoms. The Labute approximate surface area is 137 Å². The Kier molecular flexibility index (Phi) is 5.61. The topological polar surface area (TPSA) is 66.8 Å². The van der Waals surface area contributed by atoms with Crippen molar-refractivity contribution >= 4 is 6.29 Å². The summed E-state index contributed by atoms with van der Waals surface area (Å²) in [4.78, 5) is 11.4. The van der Waals surface area contributed by atoms with E-state index in [9.17, 15) is 15.0 Å². The Morgan fingerprint density at radius 2 is 2.22 bits per heavy atom. The summed E-state index contributed by atoms with van der Waals surface area (Å²) >= 11 is 0. The van der Waals surface area contributed by atoms with Gasteiger partial charge in [-0.15, -0.1) is 0 Å². The molecule has 1 aliphatic heterocycles. The van der Waals surface area contributed by atoms with Gasteiger partial charge in [0.2, 0.25) is 0 Å². The number of carbonyl (C=O) groups is 1. The van der Waals surface area contributed by atoms with Gasteiger partial charge in [-0.2, -0.15) is 0 Å². The van der Waals surface area contributed by atoms with Crippen molar-refractivity contribution in [1.82, 2.24) is 0 Å². The molecule has 23 heavy (non-hydrogen) atoms. The van der Waals surface area contributed by atoms with Crippen LogP contribution in [0.4, 0.5) is 0 Å². The number of allylic oxidation sites excluding steroid dienone is 3. The molecular weight excluding hydrogens is 292 g/mol. The van der Waals surface area contributed by atoms with E-state index in [4.69, 9.17) is 4.74 Å². The van der Waals surface area contributed by atoms with Crippen molar-refractivity contribution in [1.29, 1.82) is 0 Å². The van der Waals surface area contributed by atoms with Gasteiger partial charge in [0.15, 0.2) is 6.29 Å². The van der Waals surface area contributed by atoms with Gasteiger partial charge in [0.05, 0.1) is 5.56 Å². The summed E-state index contributed by atoms with van der Waals surface area (Å²) in [5.41, 5.74) is 2.83. The number of aromatic hydroxyl groups is 1. The monoisotopic (exact) mass is 316 g/mol. The van der Waals surface area contributed by atoms with Gasteiger partial charge in [-0.25, -0.2) is 0 Å². The Morgan fingerprint density at radius 1 is 1.48 bits per heavy atom. The van der Waals surface area contributed by atoms with Crippen LogP contribution in [-0.4, -0.2) is 28.7 Å². The number of rotatable bonds is 5. The summed E-state index contributed by atoms with van der Waals surface area (Å²) < 4.78 is 5.90. The Morgan fingerprint density at radius 3 is 2.83 bits per heavy atom. The number of aliphatic hydroxyl groups is 1. The first-order valence-corrected chi connectivity index (χ1v) is 7.91. The van der Waals surface area contributed by atoms with Crippen molar-refractivity contribution in [3.63, 3.8) is 0 Å². The lowest BCUT2D eigenvalue weighted by Crippen LogP contribution is -2.34. The van der Waals surface area contributed by atoms with Crippen LogP contribution in [0.3, 0.4) is 0 Å². The molecule has 0 unspecified atom stereocenters. The van der Waals surface area contributed by atoms with Crippen molar-refractivity contribution in [3.05, 3.63) is 46.6 Å². The third-order valence-electron chi connectivity index (χ3n) is 4.06. The molecule has 1 heterocycles. The molecule has 2 N–H and O–H groups in total. The highest BCUT2D eigenvalue weighted by Crippen LogP contribution is 2.38. The number of fused-ring (bicyclic) bond motifs is 1. The highest BCUT2D eigenvalue weighted by Gasteiger charge is 2.28. The first-order chi connectivity index (χ1) is 11.0. The first kappa shape index (κ1) is 17.3. The maximum atomic E-state index is 11.4. The zero-order chi connectivity index (χ0) is 17.0. The van der Waals surface area contributed by atoms with E-state index in [1.807, 2.05) is 26.8 Å². The fraction of sp³-hybridized carbons (Fsp3) is 0.421. The molecule has 4 nitrogen and oxygen atoms in total. The summed E-state index contributed by atoms with van der Waals surface area (Å²) in [6.45, 7) is 5.81. The second-order valence-corrected chi connectivity index (χ2v) is 6.09. The molecule has 0 aromatic heterocycles. The zero-order valence-electron chi connectivity index (χ0n) is 13.9. The number of carbonyl (C=O) groups excluding carboxylic acids is 1. The number of phenolic OH excluding ortho intramolecular Hbond substituents is 1. The van der Waals surface area contributed by atoms with Gasteiger partial charge >= 0.3 is 0 Å². The van der Waals surface area contributed by atoms with Crippen molar-refractivity contribution in [2.45, 2.75) is 52.2 Å². The summed E-state index contributed by atoms with van der Waals surface area (Å²) in [6.07, 6.45) is 6.89. The molecule has 0 amide bonds. The minimum absolute atomic E-state index is 0.0345. The van der Waals surface area contributed by atoms with Crippen molar-refractivity contribution < 1.29 is 19.7 Å². The lowest BCUT2D eigenvalue weighted by molar-refractivity contribution is 0.0524. The third kappa shape index (κ3) is 3.82. The summed E-state index contributed by atoms with van der Waals surface area (Å²) in [5.74, 6) is 0.620. The van der Waals surface area contributed by atoms with Gasteiger partial charge in [-0.3, -0.25) is 4.79 Å². The molecule has 2 rings (SSSR count). The quantitative estimate of drug-likeness (QED) is 0.646. The lowest BCUT2D eigenvalue weighted by atomic mass is 9.92. The van der Waals surface area contributed by atoms with Gasteiger partial charge in [0, 0.05) is 11.1 Å². The van der Waals surface area contributed by atoms with E-state index in [-0.39, 0.29) is 11.9 Å². The van der Waals surface area contributed by atoms with E-state index >= 15 is 0 Å². The largest absolute Gasteiger partial charge is 0.507 e. The number of hydrogen-bond acceptors (Lipinski definition) is 4. The van der Waals surface area contributed by atoms with Crippen LogP contribution in [0.5, 0.6) is 11.5 Å². The molecule has 0 fully saturated rings. The van der Waals surface area contributed by atoms with Crippen LogP contribution in [0.1, 0.15) is 48.7 Å². The molecular formula is C19H24O4. The number of hydrogen-bond donors (Lipinski definition) is 2. The van der Waals surface area contributed by atoms with E-state index in [1.165, 1.54) is 0 Å². The average Bonchev–Trinajstić information content (AvgIpc) is 2.52. The van der Waals surface area contributed by atoms with Gasteiger partial charge in [0.1, 0.15) is 23.7 Å². The first-order valence-electron chi connectivity index (χ1n) is 7.91. The Balaban J connectivity index is 2.39. The SMILES string of the molecule is C/C=C/[C@@H](O)[C@H]1CCc2c(cc(CC=C(C)C)c(O)c2C=O)O1. The van der Waals surface area contributed by atoms with Crippen LogP contribution < -0.4 is 4.74 Å². The van der Waals surface area contributed by atoms with Crippen LogP contribution in [-0.2, 0) is 12.8 Å². The molecule has 2 atom stereocenters. The number of aliphatic hydroxyl groups excluding tert-OH is 1. The number of benzene rings is 1. The van der Waals surface area contributed by atoms with E-state index in [0.29, 0.717) is 42.4 Å². The van der Waals surface area contributed by atoms with E-state index in [0.717, 1.165) is 11.1 Å². The van der Waals surface area contributed by atoms with Crippen molar-refractivity contribution in [2.24, 2.45) is 0 Å². The Hall–Kier alpha value is -2.07. The molecule has 0 radical (unpaired) electrons. The lowest BCUT2D eigenvalue weighted by Gasteiger charge is -2.30. The van der Waals surface area contributed by atoms with Crippen LogP contribution in [0.15, 0.2) is 29.9 Å². The summed E-state index contributed by atoms with van der Waals surface area (Å²) in [6, 6.07) is 1.78. The molecule has 1 aliphatic rings. The molecule has 0 aliphatic carbocycles. The van der Waals surface area contributed by atoms with Crippen molar-refractivity contribution in [2.75, 3.05) is 0 Å². The number of aldehydes is 1. The smallest absolute Gasteiger partial charge is 0.154 e. The molecule has 4 heteroatoms. The predicted molar refractivity (Wildman–Crippen MR) is 90.2 cm³/mol. The second kappa shape index (κ2) is 7.47. The van der Waals surface area contributed by atoms with Crippen LogP contribution >= 0.6 is 0 Å². The normalized spacial score (nSPS) is 18.2. The van der Waals surface area contributed by atoms with Gasteiger partial charge in [-0.05, 0) is 46.1 Å². The Bertz CT molecular complexity index is 639. The highest BCUT2D eigenvalue weighted by molar-refractivity contribution is 5.84. The summed E-state index contributed by atoms with van der Waals surface area (Å²) in [7, 11) is 0.